The molecule has 0 spiro atoms. The monoisotopic (exact) mass is 263 g/mol. The Morgan fingerprint density at radius 2 is 2.06 bits per heavy atom. The van der Waals surface area contributed by atoms with E-state index in [-0.39, 0.29) is 11.3 Å². The molecule has 1 heterocycles. The van der Waals surface area contributed by atoms with Crippen molar-refractivity contribution in [1.29, 1.82) is 0 Å². The van der Waals surface area contributed by atoms with Crippen LogP contribution in [0.1, 0.15) is 20.8 Å². The molecule has 0 aliphatic heterocycles. The number of thiazole rings is 1. The molecule has 3 N–H and O–H groups in total. The molecule has 1 aromatic carbocycles. The normalized spacial score (nSPS) is 13.6. The summed E-state index contributed by atoms with van der Waals surface area (Å²) in [7, 11) is 0. The van der Waals surface area contributed by atoms with Crippen molar-refractivity contribution < 1.29 is 4.79 Å². The number of nitrogens with one attached hydrogen (secondary N) is 1. The minimum atomic E-state index is -0.551. The third kappa shape index (κ3) is 2.68. The number of fused-ring (bicyclic) bond motifs is 1. The Bertz CT molecular complexity index is 538. The van der Waals surface area contributed by atoms with Gasteiger partial charge in [0.2, 0.25) is 5.91 Å². The zero-order chi connectivity index (χ0) is 13.3. The quantitative estimate of drug-likeness (QED) is 0.875. The van der Waals surface area contributed by atoms with E-state index in [1.54, 1.807) is 0 Å². The van der Waals surface area contributed by atoms with E-state index in [0.29, 0.717) is 5.13 Å². The van der Waals surface area contributed by atoms with Crippen LogP contribution in [0.5, 0.6) is 0 Å². The van der Waals surface area contributed by atoms with Gasteiger partial charge in [0, 0.05) is 0 Å². The van der Waals surface area contributed by atoms with Crippen LogP contribution in [0.2, 0.25) is 0 Å². The summed E-state index contributed by atoms with van der Waals surface area (Å²) >= 11 is 1.46. The minimum absolute atomic E-state index is 0.193. The van der Waals surface area contributed by atoms with E-state index in [9.17, 15) is 4.79 Å². The summed E-state index contributed by atoms with van der Waals surface area (Å²) in [6.07, 6.45) is 0. The van der Waals surface area contributed by atoms with Crippen LogP contribution in [-0.4, -0.2) is 16.9 Å². The van der Waals surface area contributed by atoms with E-state index in [1.807, 2.05) is 45.0 Å². The number of hydrogen-bond donors (Lipinski definition) is 2. The highest BCUT2D eigenvalue weighted by molar-refractivity contribution is 7.22. The summed E-state index contributed by atoms with van der Waals surface area (Å²) < 4.78 is 1.05. The van der Waals surface area contributed by atoms with E-state index in [4.69, 9.17) is 5.73 Å². The van der Waals surface area contributed by atoms with E-state index in [2.05, 4.69) is 10.3 Å². The smallest absolute Gasteiger partial charge is 0.243 e. The van der Waals surface area contributed by atoms with Crippen molar-refractivity contribution in [2.45, 2.75) is 26.8 Å². The van der Waals surface area contributed by atoms with Gasteiger partial charge in [0.1, 0.15) is 0 Å². The third-order valence-corrected chi connectivity index (χ3v) is 3.69. The molecule has 2 rings (SSSR count). The van der Waals surface area contributed by atoms with Gasteiger partial charge in [0.25, 0.3) is 0 Å². The summed E-state index contributed by atoms with van der Waals surface area (Å²) in [5.74, 6) is -0.193. The van der Waals surface area contributed by atoms with E-state index < -0.39 is 6.04 Å². The number of carbonyl (C=O) groups excluding carboxylic acids is 1. The number of hydrogen-bond acceptors (Lipinski definition) is 4. The Morgan fingerprint density at radius 1 is 1.39 bits per heavy atom. The summed E-state index contributed by atoms with van der Waals surface area (Å²) in [5.41, 5.74) is 6.53. The first-order chi connectivity index (χ1) is 8.38. The molecule has 0 aliphatic carbocycles. The van der Waals surface area contributed by atoms with Crippen LogP contribution >= 0.6 is 11.3 Å². The van der Waals surface area contributed by atoms with Gasteiger partial charge in [-0.25, -0.2) is 4.98 Å². The van der Waals surface area contributed by atoms with Crippen LogP contribution in [0, 0.1) is 5.41 Å². The molecule has 1 amide bonds. The number of carbonyl (C=O) groups is 1. The maximum atomic E-state index is 12.0. The van der Waals surface area contributed by atoms with Gasteiger partial charge in [-0.2, -0.15) is 0 Å². The second kappa shape index (κ2) is 4.66. The minimum Gasteiger partial charge on any atom is -0.319 e. The van der Waals surface area contributed by atoms with Gasteiger partial charge in [0.15, 0.2) is 5.13 Å². The molecule has 0 fully saturated rings. The molecule has 5 heteroatoms. The molecule has 0 saturated carbocycles. The van der Waals surface area contributed by atoms with Crippen molar-refractivity contribution in [3.05, 3.63) is 24.3 Å². The number of rotatable bonds is 2. The number of nitrogens with two attached hydrogens (primary N) is 1. The van der Waals surface area contributed by atoms with Crippen LogP contribution in [0.4, 0.5) is 5.13 Å². The van der Waals surface area contributed by atoms with Crippen molar-refractivity contribution >= 4 is 32.6 Å². The molecular formula is C13H17N3OS. The molecule has 2 aromatic rings. The van der Waals surface area contributed by atoms with Crippen LogP contribution in [-0.2, 0) is 4.79 Å². The highest BCUT2D eigenvalue weighted by Gasteiger charge is 2.27. The number of benzene rings is 1. The molecule has 1 unspecified atom stereocenters. The largest absolute Gasteiger partial charge is 0.319 e. The van der Waals surface area contributed by atoms with E-state index in [0.717, 1.165) is 10.2 Å². The Morgan fingerprint density at radius 3 is 2.67 bits per heavy atom. The average Bonchev–Trinajstić information content (AvgIpc) is 2.68. The molecular weight excluding hydrogens is 246 g/mol. The molecule has 1 aromatic heterocycles. The van der Waals surface area contributed by atoms with Crippen LogP contribution < -0.4 is 11.1 Å². The third-order valence-electron chi connectivity index (χ3n) is 2.74. The predicted octanol–water partition coefficient (Wildman–Crippen LogP) is 2.61. The fourth-order valence-electron chi connectivity index (χ4n) is 1.50. The number of amides is 1. The predicted molar refractivity (Wildman–Crippen MR) is 75.7 cm³/mol. The lowest BCUT2D eigenvalue weighted by molar-refractivity contribution is -0.119. The molecule has 96 valence electrons. The molecule has 0 saturated heterocycles. The summed E-state index contributed by atoms with van der Waals surface area (Å²) in [6, 6.07) is 7.23. The molecule has 0 bridgehead atoms. The van der Waals surface area contributed by atoms with E-state index >= 15 is 0 Å². The molecule has 1 atom stereocenters. The van der Waals surface area contributed by atoms with E-state index in [1.165, 1.54) is 11.3 Å². The number of anilines is 1. The average molecular weight is 263 g/mol. The van der Waals surface area contributed by atoms with Gasteiger partial charge >= 0.3 is 0 Å². The first-order valence-corrected chi connectivity index (χ1v) is 6.61. The zero-order valence-electron chi connectivity index (χ0n) is 10.7. The molecule has 4 nitrogen and oxygen atoms in total. The number of para-hydroxylation sites is 1. The van der Waals surface area contributed by atoms with Crippen molar-refractivity contribution in [3.63, 3.8) is 0 Å². The Labute approximate surface area is 110 Å². The maximum absolute atomic E-state index is 12.0. The topological polar surface area (TPSA) is 68.0 Å². The van der Waals surface area contributed by atoms with Crippen LogP contribution in [0.3, 0.4) is 0 Å². The van der Waals surface area contributed by atoms with Crippen LogP contribution in [0.25, 0.3) is 10.2 Å². The molecule has 18 heavy (non-hydrogen) atoms. The number of aromatic nitrogens is 1. The molecule has 0 aliphatic rings. The SMILES string of the molecule is CC(C)(C)C(N)C(=O)Nc1nc2ccccc2s1. The first-order valence-electron chi connectivity index (χ1n) is 5.80. The van der Waals surface area contributed by atoms with Crippen molar-refractivity contribution in [1.82, 2.24) is 4.98 Å². The highest BCUT2D eigenvalue weighted by Crippen LogP contribution is 2.26. The lowest BCUT2D eigenvalue weighted by Gasteiger charge is -2.25. The summed E-state index contributed by atoms with van der Waals surface area (Å²) in [6.45, 7) is 5.82. The van der Waals surface area contributed by atoms with Crippen molar-refractivity contribution in [2.24, 2.45) is 11.1 Å². The van der Waals surface area contributed by atoms with Gasteiger partial charge in [-0.3, -0.25) is 4.79 Å². The van der Waals surface area contributed by atoms with Gasteiger partial charge in [-0.05, 0) is 17.5 Å². The summed E-state index contributed by atoms with van der Waals surface area (Å²) in [5, 5.41) is 3.38. The van der Waals surface area contributed by atoms with Gasteiger partial charge in [0.05, 0.1) is 16.3 Å². The number of nitrogens with zero attached hydrogens (tertiary/aromatic N) is 1. The van der Waals surface area contributed by atoms with Gasteiger partial charge < -0.3 is 11.1 Å². The lowest BCUT2D eigenvalue weighted by atomic mass is 9.87. The second-order valence-corrected chi connectivity index (χ2v) is 6.35. The van der Waals surface area contributed by atoms with Crippen molar-refractivity contribution in [3.8, 4) is 0 Å². The first kappa shape index (κ1) is 13.0. The second-order valence-electron chi connectivity index (χ2n) is 5.32. The Hall–Kier alpha value is -1.46. The van der Waals surface area contributed by atoms with Gasteiger partial charge in [-0.15, -0.1) is 0 Å². The molecule has 0 radical (unpaired) electrons. The Balaban J connectivity index is 2.16. The van der Waals surface area contributed by atoms with Gasteiger partial charge in [-0.1, -0.05) is 44.2 Å². The van der Waals surface area contributed by atoms with Crippen LogP contribution in [0.15, 0.2) is 24.3 Å². The zero-order valence-corrected chi connectivity index (χ0v) is 11.5. The Kier molecular flexibility index (Phi) is 3.36. The highest BCUT2D eigenvalue weighted by atomic mass is 32.1. The maximum Gasteiger partial charge on any atom is 0.243 e. The fourth-order valence-corrected chi connectivity index (χ4v) is 2.37. The fraction of sp³-hybridized carbons (Fsp3) is 0.385. The summed E-state index contributed by atoms with van der Waals surface area (Å²) in [4.78, 5) is 16.3. The van der Waals surface area contributed by atoms with Crippen molar-refractivity contribution in [2.75, 3.05) is 5.32 Å². The lowest BCUT2D eigenvalue weighted by Crippen LogP contribution is -2.45. The standard InChI is InChI=1S/C13H17N3OS/c1-13(2,3)10(14)11(17)16-12-15-8-6-4-5-7-9(8)18-12/h4-7,10H,14H2,1-3H3,(H,15,16,17).